The molecule has 4 nitrogen and oxygen atoms in total. The number of halogens is 1. The van der Waals surface area contributed by atoms with E-state index >= 15 is 0 Å². The first-order valence-electron chi connectivity index (χ1n) is 7.96. The van der Waals surface area contributed by atoms with Gasteiger partial charge in [-0.3, -0.25) is 0 Å². The minimum atomic E-state index is -0.377. The molecule has 2 aliphatic rings. The van der Waals surface area contributed by atoms with Crippen molar-refractivity contribution in [2.75, 3.05) is 0 Å². The van der Waals surface area contributed by atoms with Crippen molar-refractivity contribution in [3.63, 3.8) is 0 Å². The predicted octanol–water partition coefficient (Wildman–Crippen LogP) is 0.917. The minimum absolute atomic E-state index is 0.0794. The van der Waals surface area contributed by atoms with E-state index in [4.69, 9.17) is 0 Å². The maximum atomic E-state index is 11.7. The van der Waals surface area contributed by atoms with Gasteiger partial charge in [0.1, 0.15) is 0 Å². The van der Waals surface area contributed by atoms with Crippen LogP contribution >= 0.6 is 8.93 Å². The number of amides is 1. The third kappa shape index (κ3) is 4.49. The molecule has 0 saturated carbocycles. The molecule has 2 aliphatic heterocycles. The summed E-state index contributed by atoms with van der Waals surface area (Å²) in [5.74, 6) is 0.887. The number of amidine groups is 2. The van der Waals surface area contributed by atoms with Crippen LogP contribution in [0.25, 0.3) is 0 Å². The Balaban J connectivity index is 1.98. The molecule has 0 saturated heterocycles. The van der Waals surface area contributed by atoms with Crippen molar-refractivity contribution in [2.24, 2.45) is 9.98 Å². The Morgan fingerprint density at radius 2 is 2.20 bits per heavy atom. The van der Waals surface area contributed by atoms with E-state index in [0.717, 1.165) is 23.5 Å². The second kappa shape index (κ2) is 8.14. The molecule has 0 fully saturated rings. The van der Waals surface area contributed by atoms with Crippen LogP contribution in [0.4, 0.5) is 0 Å². The zero-order valence-corrected chi connectivity index (χ0v) is 17.1. The van der Waals surface area contributed by atoms with Crippen LogP contribution in [-0.4, -0.2) is 27.7 Å². The standard InChI is InChI=1S/C19H19IN3OS/c1-4-18(24)22-19-16-8-6-5-7-14(16)11-23-12-15(20-25-13(2)3)9-10-17(23)21-19/h4-10,12-13H,1,11H2,2-3H3/q-1. The number of rotatable bonds is 4. The van der Waals surface area contributed by atoms with Gasteiger partial charge in [-0.1, -0.05) is 0 Å². The van der Waals surface area contributed by atoms with Gasteiger partial charge in [-0.05, 0) is 0 Å². The van der Waals surface area contributed by atoms with Crippen LogP contribution in [0.5, 0.6) is 0 Å². The van der Waals surface area contributed by atoms with Gasteiger partial charge in [0.05, 0.1) is 0 Å². The SMILES string of the molecule is C=CC(=O)N=C1N=C2C=CC([I-]SC(C)C)=CN2Cc2ccccc21. The predicted molar refractivity (Wildman–Crippen MR) is 101 cm³/mol. The van der Waals surface area contributed by atoms with E-state index in [1.807, 2.05) is 33.2 Å². The van der Waals surface area contributed by atoms with Crippen LogP contribution in [0.3, 0.4) is 0 Å². The molecule has 3 rings (SSSR count). The van der Waals surface area contributed by atoms with Gasteiger partial charge in [0.2, 0.25) is 0 Å². The van der Waals surface area contributed by atoms with Gasteiger partial charge in [-0.15, -0.1) is 0 Å². The quantitative estimate of drug-likeness (QED) is 0.492. The van der Waals surface area contributed by atoms with Crippen LogP contribution in [0.1, 0.15) is 25.0 Å². The molecule has 0 bridgehead atoms. The topological polar surface area (TPSA) is 45.0 Å². The summed E-state index contributed by atoms with van der Waals surface area (Å²) in [5.41, 5.74) is 2.01. The van der Waals surface area contributed by atoms with Crippen LogP contribution in [0.15, 0.2) is 68.8 Å². The van der Waals surface area contributed by atoms with E-state index in [1.165, 1.54) is 9.66 Å². The Morgan fingerprint density at radius 3 is 2.96 bits per heavy atom. The van der Waals surface area contributed by atoms with Gasteiger partial charge in [-0.25, -0.2) is 0 Å². The van der Waals surface area contributed by atoms with E-state index in [0.29, 0.717) is 11.1 Å². The zero-order valence-electron chi connectivity index (χ0n) is 14.1. The second-order valence-corrected chi connectivity index (χ2v) is 11.2. The summed E-state index contributed by atoms with van der Waals surface area (Å²) in [6.07, 6.45) is 7.56. The first-order chi connectivity index (χ1) is 12.1. The molecule has 0 radical (unpaired) electrons. The van der Waals surface area contributed by atoms with Gasteiger partial charge in [-0.2, -0.15) is 0 Å². The molecule has 1 aromatic rings. The number of carbonyl (C=O) groups is 1. The molecule has 130 valence electrons. The molecular weight excluding hydrogens is 445 g/mol. The van der Waals surface area contributed by atoms with Crippen LogP contribution < -0.4 is 19.8 Å². The fraction of sp³-hybridized carbons (Fsp3) is 0.211. The normalized spacial score (nSPS) is 17.7. The molecule has 0 N–H and O–H groups in total. The summed E-state index contributed by atoms with van der Waals surface area (Å²) in [5, 5.41) is 0.644. The first-order valence-corrected chi connectivity index (χ1v) is 12.5. The van der Waals surface area contributed by atoms with E-state index in [9.17, 15) is 4.79 Å². The van der Waals surface area contributed by atoms with Crippen molar-refractivity contribution in [3.05, 3.63) is 70.0 Å². The van der Waals surface area contributed by atoms with Crippen molar-refractivity contribution in [3.8, 4) is 0 Å². The summed E-state index contributed by atoms with van der Waals surface area (Å²) in [6.45, 7) is 8.67. The maximum absolute atomic E-state index is 11.7. The Bertz CT molecular complexity index is 824. The van der Waals surface area contributed by atoms with Gasteiger partial charge in [0.25, 0.3) is 0 Å². The molecule has 0 spiro atoms. The van der Waals surface area contributed by atoms with Gasteiger partial charge >= 0.3 is 162 Å². The number of hydrogen-bond acceptors (Lipinski definition) is 3. The van der Waals surface area contributed by atoms with Crippen molar-refractivity contribution in [1.82, 2.24) is 4.90 Å². The number of carbonyl (C=O) groups excluding carboxylic acids is 1. The average molecular weight is 464 g/mol. The fourth-order valence-electron chi connectivity index (χ4n) is 2.39. The third-order valence-corrected chi connectivity index (χ3v) is 10.1. The third-order valence-electron chi connectivity index (χ3n) is 3.49. The summed E-state index contributed by atoms with van der Waals surface area (Å²) in [6, 6.07) is 7.97. The van der Waals surface area contributed by atoms with Crippen molar-refractivity contribution in [1.29, 1.82) is 0 Å². The number of nitrogens with zero attached hydrogens (tertiary/aromatic N) is 3. The molecule has 1 amide bonds. The van der Waals surface area contributed by atoms with Crippen molar-refractivity contribution >= 4 is 26.5 Å². The van der Waals surface area contributed by atoms with Crippen molar-refractivity contribution < 1.29 is 24.6 Å². The average Bonchev–Trinajstić information content (AvgIpc) is 2.76. The van der Waals surface area contributed by atoms with Crippen LogP contribution in [0.2, 0.25) is 0 Å². The van der Waals surface area contributed by atoms with Gasteiger partial charge < -0.3 is 0 Å². The zero-order chi connectivity index (χ0) is 17.8. The second-order valence-electron chi connectivity index (χ2n) is 5.80. The van der Waals surface area contributed by atoms with Crippen LogP contribution in [-0.2, 0) is 11.3 Å². The number of benzene rings is 1. The summed E-state index contributed by atoms with van der Waals surface area (Å²) in [7, 11) is 2.02. The van der Waals surface area contributed by atoms with E-state index < -0.39 is 0 Å². The number of aliphatic imine (C=N–C) groups is 2. The first kappa shape index (κ1) is 18.1. The molecule has 6 heteroatoms. The molecule has 0 unspecified atom stereocenters. The summed E-state index contributed by atoms with van der Waals surface area (Å²) >= 11 is -0.0794. The Morgan fingerprint density at radius 1 is 1.40 bits per heavy atom. The number of fused-ring (bicyclic) bond motifs is 2. The number of allylic oxidation sites excluding steroid dienone is 2. The molecule has 2 heterocycles. The van der Waals surface area contributed by atoms with E-state index in [1.54, 1.807) is 0 Å². The summed E-state index contributed by atoms with van der Waals surface area (Å²) < 4.78 is 1.37. The fourth-order valence-corrected chi connectivity index (χ4v) is 6.46. The Kier molecular flexibility index (Phi) is 5.90. The van der Waals surface area contributed by atoms with Gasteiger partial charge in [0.15, 0.2) is 0 Å². The molecular formula is C19H19IN3OS-. The Labute approximate surface area is 161 Å². The van der Waals surface area contributed by atoms with Crippen molar-refractivity contribution in [2.45, 2.75) is 25.6 Å². The van der Waals surface area contributed by atoms with Crippen LogP contribution in [0, 0.1) is 0 Å². The number of hydrogen-bond donors (Lipinski definition) is 0. The monoisotopic (exact) mass is 464 g/mol. The van der Waals surface area contributed by atoms with E-state index in [2.05, 4.69) is 53.7 Å². The molecule has 0 aromatic heterocycles. The van der Waals surface area contributed by atoms with E-state index in [-0.39, 0.29) is 25.7 Å². The summed E-state index contributed by atoms with van der Waals surface area (Å²) in [4.78, 5) is 22.7. The molecule has 0 atom stereocenters. The molecule has 1 aromatic carbocycles. The van der Waals surface area contributed by atoms with Gasteiger partial charge in [0, 0.05) is 0 Å². The molecule has 25 heavy (non-hydrogen) atoms. The Hall–Kier alpha value is -1.67. The molecule has 0 aliphatic carbocycles.